The number of methoxy groups -OCH3 is 1. The first-order valence-corrected chi connectivity index (χ1v) is 8.28. The smallest absolute Gasteiger partial charge is 0.227 e. The Labute approximate surface area is 146 Å². The lowest BCUT2D eigenvalue weighted by Crippen LogP contribution is -2.63. The summed E-state index contributed by atoms with van der Waals surface area (Å²) in [4.78, 5) is 21.2. The van der Waals surface area contributed by atoms with E-state index in [2.05, 4.69) is 25.9 Å². The average Bonchev–Trinajstić information content (AvgIpc) is 2.58. The number of aryl methyl sites for hydroxylation is 1. The van der Waals surface area contributed by atoms with Gasteiger partial charge in [-0.25, -0.2) is 9.97 Å². The highest BCUT2D eigenvalue weighted by Crippen LogP contribution is 2.23. The summed E-state index contributed by atoms with van der Waals surface area (Å²) < 4.78 is 5.24. The Morgan fingerprint density at radius 2 is 2.16 bits per heavy atom. The lowest BCUT2D eigenvalue weighted by Gasteiger charge is -2.35. The molecular weight excluding hydrogens is 322 g/mol. The van der Waals surface area contributed by atoms with Crippen molar-refractivity contribution in [1.82, 2.24) is 20.6 Å². The number of aliphatic hydroxyl groups is 1. The number of carbonyl (C=O) groups is 1. The predicted molar refractivity (Wildman–Crippen MR) is 94.2 cm³/mol. The fourth-order valence-electron chi connectivity index (χ4n) is 3.08. The van der Waals surface area contributed by atoms with E-state index >= 15 is 0 Å². The molecule has 8 heteroatoms. The van der Waals surface area contributed by atoms with Gasteiger partial charge in [-0.05, 0) is 38.5 Å². The quantitative estimate of drug-likeness (QED) is 0.633. The maximum absolute atomic E-state index is 12.2. The zero-order valence-electron chi connectivity index (χ0n) is 14.5. The summed E-state index contributed by atoms with van der Waals surface area (Å²) in [7, 11) is 1.62. The van der Waals surface area contributed by atoms with Crippen molar-refractivity contribution < 1.29 is 14.6 Å². The second-order valence-corrected chi connectivity index (χ2v) is 6.18. The van der Waals surface area contributed by atoms with Crippen molar-refractivity contribution in [2.75, 3.05) is 19.0 Å². The van der Waals surface area contributed by atoms with Crippen LogP contribution in [0, 0.1) is 12.8 Å². The maximum atomic E-state index is 12.2. The van der Waals surface area contributed by atoms with Gasteiger partial charge in [0.05, 0.1) is 24.2 Å². The highest BCUT2D eigenvalue weighted by molar-refractivity contribution is 5.83. The van der Waals surface area contributed by atoms with E-state index in [0.29, 0.717) is 12.4 Å². The molecule has 1 fully saturated rings. The number of amides is 1. The Morgan fingerprint density at radius 3 is 2.84 bits per heavy atom. The van der Waals surface area contributed by atoms with E-state index in [1.54, 1.807) is 7.11 Å². The molecule has 0 aliphatic carbocycles. The normalized spacial score (nSPS) is 23.4. The van der Waals surface area contributed by atoms with Gasteiger partial charge in [0, 0.05) is 18.0 Å². The van der Waals surface area contributed by atoms with Crippen LogP contribution >= 0.6 is 0 Å². The number of rotatable bonds is 5. The molecule has 1 aliphatic rings. The summed E-state index contributed by atoms with van der Waals surface area (Å²) in [5.41, 5.74) is 1.61. The van der Waals surface area contributed by atoms with E-state index in [4.69, 9.17) is 9.84 Å². The first kappa shape index (κ1) is 17.4. The van der Waals surface area contributed by atoms with Gasteiger partial charge in [0.2, 0.25) is 11.9 Å². The standard InChI is InChI=1S/C17H23N5O3/c1-9-12(6-7-23)15(24)21-17(18-9)22-16-19-10(2)13-8-11(25-3)4-5-14(13)20-16/h4-5,8-9,12,17-18,23H,6-7H2,1-3H3,(H,21,24)(H,19,20,22). The molecule has 3 rings (SSSR count). The molecule has 0 bridgehead atoms. The number of hydrogen-bond acceptors (Lipinski definition) is 7. The molecule has 25 heavy (non-hydrogen) atoms. The highest BCUT2D eigenvalue weighted by Gasteiger charge is 2.33. The lowest BCUT2D eigenvalue weighted by atomic mass is 9.95. The molecule has 1 amide bonds. The number of benzene rings is 1. The van der Waals surface area contributed by atoms with Crippen LogP contribution in [0.5, 0.6) is 5.75 Å². The van der Waals surface area contributed by atoms with Crippen molar-refractivity contribution >= 4 is 22.8 Å². The number of ether oxygens (including phenoxy) is 1. The number of hydrogen-bond donors (Lipinski definition) is 4. The van der Waals surface area contributed by atoms with Crippen molar-refractivity contribution in [3.05, 3.63) is 23.9 Å². The van der Waals surface area contributed by atoms with Crippen LogP contribution in [0.15, 0.2) is 18.2 Å². The molecule has 3 atom stereocenters. The van der Waals surface area contributed by atoms with E-state index < -0.39 is 6.29 Å². The molecule has 1 aromatic carbocycles. The summed E-state index contributed by atoms with van der Waals surface area (Å²) in [5.74, 6) is 0.834. The van der Waals surface area contributed by atoms with Gasteiger partial charge in [-0.3, -0.25) is 10.1 Å². The minimum atomic E-state index is -0.465. The van der Waals surface area contributed by atoms with Gasteiger partial charge in [-0.2, -0.15) is 0 Å². The van der Waals surface area contributed by atoms with E-state index in [1.165, 1.54) is 0 Å². The van der Waals surface area contributed by atoms with Crippen molar-refractivity contribution in [1.29, 1.82) is 0 Å². The van der Waals surface area contributed by atoms with Crippen LogP contribution < -0.4 is 20.7 Å². The molecule has 0 spiro atoms. The Kier molecular flexibility index (Phi) is 5.00. The molecule has 2 heterocycles. The Morgan fingerprint density at radius 1 is 1.36 bits per heavy atom. The van der Waals surface area contributed by atoms with Crippen molar-refractivity contribution in [3.8, 4) is 5.75 Å². The minimum absolute atomic E-state index is 0.0152. The molecule has 0 saturated carbocycles. The monoisotopic (exact) mass is 345 g/mol. The van der Waals surface area contributed by atoms with Gasteiger partial charge >= 0.3 is 0 Å². The zero-order chi connectivity index (χ0) is 18.0. The fourth-order valence-corrected chi connectivity index (χ4v) is 3.08. The van der Waals surface area contributed by atoms with Crippen LogP contribution in [0.25, 0.3) is 10.9 Å². The van der Waals surface area contributed by atoms with Crippen molar-refractivity contribution in [2.45, 2.75) is 32.6 Å². The summed E-state index contributed by atoms with van der Waals surface area (Å²) in [6, 6.07) is 5.56. The number of fused-ring (bicyclic) bond motifs is 1. The molecule has 1 aliphatic heterocycles. The summed E-state index contributed by atoms with van der Waals surface area (Å²) in [5, 5.41) is 19.2. The molecule has 3 unspecified atom stereocenters. The number of aliphatic hydroxyl groups excluding tert-OH is 1. The molecule has 0 radical (unpaired) electrons. The van der Waals surface area contributed by atoms with Crippen LogP contribution in [0.2, 0.25) is 0 Å². The van der Waals surface area contributed by atoms with Crippen LogP contribution in [0.4, 0.5) is 5.95 Å². The number of aromatic nitrogens is 2. The first-order valence-electron chi connectivity index (χ1n) is 8.28. The summed E-state index contributed by atoms with van der Waals surface area (Å²) in [6.45, 7) is 3.81. The molecule has 1 aromatic heterocycles. The third-order valence-corrected chi connectivity index (χ3v) is 4.46. The van der Waals surface area contributed by atoms with Gasteiger partial charge in [-0.1, -0.05) is 0 Å². The predicted octanol–water partition coefficient (Wildman–Crippen LogP) is 0.749. The molecule has 4 N–H and O–H groups in total. The summed E-state index contributed by atoms with van der Waals surface area (Å²) >= 11 is 0. The largest absolute Gasteiger partial charge is 0.497 e. The molecule has 8 nitrogen and oxygen atoms in total. The van der Waals surface area contributed by atoms with E-state index in [1.807, 2.05) is 32.0 Å². The third-order valence-electron chi connectivity index (χ3n) is 4.46. The Bertz CT molecular complexity index is 782. The van der Waals surface area contributed by atoms with E-state index in [0.717, 1.165) is 22.3 Å². The Balaban J connectivity index is 1.78. The van der Waals surface area contributed by atoms with Gasteiger partial charge in [0.1, 0.15) is 5.75 Å². The zero-order valence-corrected chi connectivity index (χ0v) is 14.5. The third kappa shape index (κ3) is 3.64. The van der Waals surface area contributed by atoms with E-state index in [-0.39, 0.29) is 24.5 Å². The number of nitrogens with one attached hydrogen (secondary N) is 3. The topological polar surface area (TPSA) is 108 Å². The lowest BCUT2D eigenvalue weighted by molar-refractivity contribution is -0.129. The highest BCUT2D eigenvalue weighted by atomic mass is 16.5. The SMILES string of the molecule is COc1ccc2nc(NC3NC(=O)C(CCO)C(C)N3)nc(C)c2c1. The van der Waals surface area contributed by atoms with Crippen LogP contribution in [0.3, 0.4) is 0 Å². The van der Waals surface area contributed by atoms with Gasteiger partial charge in [-0.15, -0.1) is 0 Å². The molecule has 134 valence electrons. The second kappa shape index (κ2) is 7.20. The molecular formula is C17H23N5O3. The van der Waals surface area contributed by atoms with Gasteiger partial charge in [0.25, 0.3) is 0 Å². The minimum Gasteiger partial charge on any atom is -0.497 e. The van der Waals surface area contributed by atoms with Crippen LogP contribution in [-0.4, -0.2) is 47.0 Å². The number of anilines is 1. The first-order chi connectivity index (χ1) is 12.0. The van der Waals surface area contributed by atoms with Crippen LogP contribution in [0.1, 0.15) is 19.0 Å². The van der Waals surface area contributed by atoms with Gasteiger partial charge in [0.15, 0.2) is 6.29 Å². The molecule has 1 saturated heterocycles. The van der Waals surface area contributed by atoms with Crippen molar-refractivity contribution in [2.24, 2.45) is 5.92 Å². The van der Waals surface area contributed by atoms with E-state index in [9.17, 15) is 4.79 Å². The van der Waals surface area contributed by atoms with Crippen molar-refractivity contribution in [3.63, 3.8) is 0 Å². The van der Waals surface area contributed by atoms with Gasteiger partial charge < -0.3 is 20.5 Å². The van der Waals surface area contributed by atoms with Crippen LogP contribution in [-0.2, 0) is 4.79 Å². The second-order valence-electron chi connectivity index (χ2n) is 6.18. The Hall–Kier alpha value is -2.45. The number of carbonyl (C=O) groups excluding carboxylic acids is 1. The fraction of sp³-hybridized carbons (Fsp3) is 0.471. The maximum Gasteiger partial charge on any atom is 0.227 e. The average molecular weight is 345 g/mol. The number of nitrogens with zero attached hydrogens (tertiary/aromatic N) is 2. The molecule has 2 aromatic rings. The summed E-state index contributed by atoms with van der Waals surface area (Å²) in [6.07, 6.45) is -0.0345.